The molecule has 0 atom stereocenters. The van der Waals surface area contributed by atoms with Gasteiger partial charge in [-0.2, -0.15) is 4.98 Å². The highest BCUT2D eigenvalue weighted by molar-refractivity contribution is 5.80. The van der Waals surface area contributed by atoms with Gasteiger partial charge < -0.3 is 9.80 Å². The van der Waals surface area contributed by atoms with Crippen molar-refractivity contribution in [3.63, 3.8) is 0 Å². The van der Waals surface area contributed by atoms with E-state index in [4.69, 9.17) is 0 Å². The van der Waals surface area contributed by atoms with Crippen molar-refractivity contribution >= 4 is 17.7 Å². The summed E-state index contributed by atoms with van der Waals surface area (Å²) in [7, 11) is 0. The Kier molecular flexibility index (Phi) is 4.81. The van der Waals surface area contributed by atoms with Gasteiger partial charge in [0.2, 0.25) is 11.9 Å². The Balaban J connectivity index is 2.15. The molecule has 1 aliphatic rings. The Hall–Kier alpha value is -2.24. The molecule has 0 aliphatic carbocycles. The van der Waals surface area contributed by atoms with Gasteiger partial charge in [-0.1, -0.05) is 12.2 Å². The zero-order valence-electron chi connectivity index (χ0n) is 11.5. The van der Waals surface area contributed by atoms with Crippen molar-refractivity contribution in [2.45, 2.75) is 12.8 Å². The quantitative estimate of drug-likeness (QED) is 0.726. The molecule has 1 aromatic heterocycles. The number of piperidine rings is 1. The molecular formula is C14H19N5O. The maximum absolute atomic E-state index is 11.3. The van der Waals surface area contributed by atoms with Crippen molar-refractivity contribution in [2.24, 2.45) is 0 Å². The van der Waals surface area contributed by atoms with Gasteiger partial charge in [-0.3, -0.25) is 4.79 Å². The van der Waals surface area contributed by atoms with E-state index in [0.29, 0.717) is 56.7 Å². The first-order valence-electron chi connectivity index (χ1n) is 6.67. The fraction of sp³-hybridized carbons (Fsp3) is 0.429. The maximum Gasteiger partial charge on any atom is 0.230 e. The monoisotopic (exact) mass is 273 g/mol. The highest BCUT2D eigenvalue weighted by atomic mass is 16.1. The molecule has 6 heteroatoms. The van der Waals surface area contributed by atoms with Crippen LogP contribution in [0, 0.1) is 0 Å². The minimum Gasteiger partial charge on any atom is -0.340 e. The van der Waals surface area contributed by atoms with Gasteiger partial charge in [-0.25, -0.2) is 9.97 Å². The summed E-state index contributed by atoms with van der Waals surface area (Å²) < 4.78 is 0. The zero-order valence-corrected chi connectivity index (χ0v) is 11.5. The van der Waals surface area contributed by atoms with E-state index >= 15 is 0 Å². The van der Waals surface area contributed by atoms with Gasteiger partial charge in [0, 0.05) is 39.0 Å². The third-order valence-electron chi connectivity index (χ3n) is 3.13. The molecule has 1 aromatic rings. The van der Waals surface area contributed by atoms with Crippen molar-refractivity contribution in [3.8, 4) is 0 Å². The molecule has 2 heterocycles. The Morgan fingerprint density at radius 3 is 2.45 bits per heavy atom. The van der Waals surface area contributed by atoms with Crippen molar-refractivity contribution in [2.75, 3.05) is 36.0 Å². The SMILES string of the molecule is C=CCN(CC=C)c1ncnc(N2CCC(=O)CC2)n1. The van der Waals surface area contributed by atoms with Crippen LogP contribution in [0.3, 0.4) is 0 Å². The van der Waals surface area contributed by atoms with Gasteiger partial charge in [-0.05, 0) is 0 Å². The number of nitrogens with zero attached hydrogens (tertiary/aromatic N) is 5. The molecule has 6 nitrogen and oxygen atoms in total. The third kappa shape index (κ3) is 3.40. The van der Waals surface area contributed by atoms with Crippen LogP contribution in [0.5, 0.6) is 0 Å². The second-order valence-electron chi connectivity index (χ2n) is 4.59. The second-order valence-corrected chi connectivity index (χ2v) is 4.59. The predicted octanol–water partition coefficient (Wildman–Crippen LogP) is 1.22. The molecule has 0 saturated carbocycles. The van der Waals surface area contributed by atoms with Crippen LogP contribution >= 0.6 is 0 Å². The number of Topliss-reactive ketones (excluding diaryl/α,β-unsaturated/α-hetero) is 1. The highest BCUT2D eigenvalue weighted by Gasteiger charge is 2.19. The summed E-state index contributed by atoms with van der Waals surface area (Å²) in [5.74, 6) is 1.53. The van der Waals surface area contributed by atoms with Crippen LogP contribution in [0.15, 0.2) is 31.6 Å². The summed E-state index contributed by atoms with van der Waals surface area (Å²) in [6.07, 6.45) is 6.22. The van der Waals surface area contributed by atoms with E-state index in [2.05, 4.69) is 28.1 Å². The molecule has 0 amide bonds. The van der Waals surface area contributed by atoms with E-state index < -0.39 is 0 Å². The second kappa shape index (κ2) is 6.79. The molecule has 0 spiro atoms. The van der Waals surface area contributed by atoms with Gasteiger partial charge in [-0.15, -0.1) is 13.2 Å². The molecule has 0 N–H and O–H groups in total. The van der Waals surface area contributed by atoms with E-state index in [1.165, 1.54) is 6.33 Å². The number of carbonyl (C=O) groups excluding carboxylic acids is 1. The van der Waals surface area contributed by atoms with Gasteiger partial charge >= 0.3 is 0 Å². The van der Waals surface area contributed by atoms with Crippen LogP contribution in [-0.4, -0.2) is 46.9 Å². The fourth-order valence-electron chi connectivity index (χ4n) is 2.09. The average Bonchev–Trinajstić information content (AvgIpc) is 2.48. The summed E-state index contributed by atoms with van der Waals surface area (Å²) in [6, 6.07) is 0. The summed E-state index contributed by atoms with van der Waals surface area (Å²) in [5, 5.41) is 0. The molecule has 2 rings (SSSR count). The van der Waals surface area contributed by atoms with E-state index in [1.807, 2.05) is 9.80 Å². The summed E-state index contributed by atoms with van der Waals surface area (Å²) in [5.41, 5.74) is 0. The van der Waals surface area contributed by atoms with E-state index in [1.54, 1.807) is 12.2 Å². The van der Waals surface area contributed by atoms with Crippen LogP contribution in [0.1, 0.15) is 12.8 Å². The molecule has 106 valence electrons. The van der Waals surface area contributed by atoms with Crippen molar-refractivity contribution in [1.29, 1.82) is 0 Å². The standard InChI is InChI=1S/C14H19N5O/c1-3-7-18(8-4-2)13-15-11-16-14(17-13)19-9-5-12(20)6-10-19/h3-4,11H,1-2,5-10H2. The fourth-order valence-corrected chi connectivity index (χ4v) is 2.09. The number of anilines is 2. The number of hydrogen-bond acceptors (Lipinski definition) is 6. The highest BCUT2D eigenvalue weighted by Crippen LogP contribution is 2.16. The van der Waals surface area contributed by atoms with E-state index in [0.717, 1.165) is 0 Å². The van der Waals surface area contributed by atoms with Gasteiger partial charge in [0.15, 0.2) is 0 Å². The number of carbonyl (C=O) groups is 1. The molecule has 20 heavy (non-hydrogen) atoms. The Bertz CT molecular complexity index is 482. The summed E-state index contributed by atoms with van der Waals surface area (Å²) >= 11 is 0. The van der Waals surface area contributed by atoms with Gasteiger partial charge in [0.25, 0.3) is 0 Å². The van der Waals surface area contributed by atoms with Crippen molar-refractivity contribution in [1.82, 2.24) is 15.0 Å². The van der Waals surface area contributed by atoms with Crippen LogP contribution in [-0.2, 0) is 4.79 Å². The Labute approximate surface area is 118 Å². The molecule has 0 aromatic carbocycles. The lowest BCUT2D eigenvalue weighted by molar-refractivity contribution is -0.119. The number of hydrogen-bond donors (Lipinski definition) is 0. The van der Waals surface area contributed by atoms with Gasteiger partial charge in [0.05, 0.1) is 0 Å². The Morgan fingerprint density at radius 2 is 1.85 bits per heavy atom. The summed E-state index contributed by atoms with van der Waals surface area (Å²) in [4.78, 5) is 28.1. The molecule has 0 bridgehead atoms. The first-order chi connectivity index (χ1) is 9.74. The molecular weight excluding hydrogens is 254 g/mol. The Morgan fingerprint density at radius 1 is 1.20 bits per heavy atom. The normalized spacial score (nSPS) is 15.0. The molecule has 1 fully saturated rings. The first-order valence-corrected chi connectivity index (χ1v) is 6.67. The third-order valence-corrected chi connectivity index (χ3v) is 3.13. The lowest BCUT2D eigenvalue weighted by atomic mass is 10.1. The molecule has 1 aliphatic heterocycles. The van der Waals surface area contributed by atoms with E-state index in [-0.39, 0.29) is 0 Å². The minimum atomic E-state index is 0.301. The smallest absolute Gasteiger partial charge is 0.230 e. The number of rotatable bonds is 6. The lowest BCUT2D eigenvalue weighted by Gasteiger charge is -2.27. The van der Waals surface area contributed by atoms with Crippen molar-refractivity contribution in [3.05, 3.63) is 31.6 Å². The topological polar surface area (TPSA) is 62.2 Å². The van der Waals surface area contributed by atoms with Crippen LogP contribution in [0.25, 0.3) is 0 Å². The van der Waals surface area contributed by atoms with Crippen LogP contribution in [0.4, 0.5) is 11.9 Å². The largest absolute Gasteiger partial charge is 0.340 e. The van der Waals surface area contributed by atoms with Gasteiger partial charge in [0.1, 0.15) is 12.1 Å². The first kappa shape index (κ1) is 14.2. The minimum absolute atomic E-state index is 0.301. The maximum atomic E-state index is 11.3. The van der Waals surface area contributed by atoms with Crippen LogP contribution in [0.2, 0.25) is 0 Å². The lowest BCUT2D eigenvalue weighted by Crippen LogP contribution is -2.35. The number of aromatic nitrogens is 3. The summed E-state index contributed by atoms with van der Waals surface area (Å²) in [6.45, 7) is 10.1. The van der Waals surface area contributed by atoms with Crippen molar-refractivity contribution < 1.29 is 4.79 Å². The van der Waals surface area contributed by atoms with E-state index in [9.17, 15) is 4.79 Å². The molecule has 1 saturated heterocycles. The zero-order chi connectivity index (χ0) is 14.4. The number of ketones is 1. The predicted molar refractivity (Wildman–Crippen MR) is 78.9 cm³/mol. The average molecular weight is 273 g/mol. The molecule has 0 radical (unpaired) electrons. The molecule has 0 unspecified atom stereocenters. The van der Waals surface area contributed by atoms with Crippen LogP contribution < -0.4 is 9.80 Å².